The smallest absolute Gasteiger partial charge is 0.411 e. The molecule has 0 unspecified atom stereocenters. The summed E-state index contributed by atoms with van der Waals surface area (Å²) in [5, 5.41) is 15.5. The quantitative estimate of drug-likeness (QED) is 0.594. The van der Waals surface area contributed by atoms with Gasteiger partial charge in [0.1, 0.15) is 5.82 Å². The van der Waals surface area contributed by atoms with Gasteiger partial charge in [-0.3, -0.25) is 4.90 Å². The summed E-state index contributed by atoms with van der Waals surface area (Å²) in [6, 6.07) is 16.1. The second-order valence-electron chi connectivity index (χ2n) is 8.42. The summed E-state index contributed by atoms with van der Waals surface area (Å²) in [6.45, 7) is 0.521. The molecular weight excluding hydrogens is 390 g/mol. The predicted octanol–water partition coefficient (Wildman–Crippen LogP) is 4.85. The van der Waals surface area contributed by atoms with Crippen molar-refractivity contribution in [2.24, 2.45) is 5.92 Å². The van der Waals surface area contributed by atoms with Gasteiger partial charge < -0.3 is 15.3 Å². The first-order valence-electron chi connectivity index (χ1n) is 10.8. The molecule has 31 heavy (non-hydrogen) atoms. The van der Waals surface area contributed by atoms with Gasteiger partial charge in [0.2, 0.25) is 5.95 Å². The van der Waals surface area contributed by atoms with Crippen LogP contribution in [0.2, 0.25) is 0 Å². The molecule has 0 bridgehead atoms. The van der Waals surface area contributed by atoms with Crippen molar-refractivity contribution in [1.82, 2.24) is 9.97 Å². The summed E-state index contributed by atoms with van der Waals surface area (Å²) < 4.78 is 0. The van der Waals surface area contributed by atoms with Gasteiger partial charge in [-0.25, -0.2) is 9.78 Å². The van der Waals surface area contributed by atoms with E-state index < -0.39 is 6.09 Å². The van der Waals surface area contributed by atoms with Gasteiger partial charge in [0, 0.05) is 38.6 Å². The molecule has 2 aromatic carbocycles. The summed E-state index contributed by atoms with van der Waals surface area (Å²) >= 11 is 0. The lowest BCUT2D eigenvalue weighted by Crippen LogP contribution is -2.37. The van der Waals surface area contributed by atoms with E-state index in [2.05, 4.69) is 15.3 Å². The van der Waals surface area contributed by atoms with Crippen LogP contribution in [0.15, 0.2) is 54.7 Å². The van der Waals surface area contributed by atoms with E-state index in [1.54, 1.807) is 6.20 Å². The van der Waals surface area contributed by atoms with Crippen LogP contribution in [0.4, 0.5) is 22.2 Å². The fraction of sp³-hybridized carbons (Fsp3) is 0.375. The maximum atomic E-state index is 12.0. The highest BCUT2D eigenvalue weighted by Crippen LogP contribution is 2.29. The number of anilines is 3. The van der Waals surface area contributed by atoms with Gasteiger partial charge in [-0.15, -0.1) is 0 Å². The van der Waals surface area contributed by atoms with Crippen LogP contribution >= 0.6 is 0 Å². The number of benzene rings is 2. The number of carbonyl (C=O) groups is 1. The topological polar surface area (TPSA) is 81.6 Å². The summed E-state index contributed by atoms with van der Waals surface area (Å²) in [6.07, 6.45) is 4.77. The molecule has 2 N–H and O–H groups in total. The number of hydrogen-bond acceptors (Lipinski definition) is 5. The predicted molar refractivity (Wildman–Crippen MR) is 125 cm³/mol. The van der Waals surface area contributed by atoms with E-state index in [4.69, 9.17) is 0 Å². The van der Waals surface area contributed by atoms with Crippen LogP contribution in [0.3, 0.4) is 0 Å². The third-order valence-electron chi connectivity index (χ3n) is 6.00. The monoisotopic (exact) mass is 419 g/mol. The maximum Gasteiger partial charge on any atom is 0.411 e. The van der Waals surface area contributed by atoms with Crippen LogP contribution < -0.4 is 15.1 Å². The van der Waals surface area contributed by atoms with E-state index in [1.165, 1.54) is 4.90 Å². The van der Waals surface area contributed by atoms with E-state index in [0.717, 1.165) is 48.0 Å². The van der Waals surface area contributed by atoms with Gasteiger partial charge in [0.05, 0.1) is 0 Å². The van der Waals surface area contributed by atoms with E-state index in [1.807, 2.05) is 67.5 Å². The van der Waals surface area contributed by atoms with Crippen LogP contribution in [0.25, 0.3) is 10.8 Å². The van der Waals surface area contributed by atoms with Gasteiger partial charge >= 0.3 is 6.09 Å². The van der Waals surface area contributed by atoms with Crippen LogP contribution in [-0.2, 0) is 0 Å². The maximum absolute atomic E-state index is 12.0. The Labute approximate surface area is 182 Å². The van der Waals surface area contributed by atoms with E-state index in [-0.39, 0.29) is 0 Å². The normalized spacial score (nSPS) is 18.5. The second-order valence-corrected chi connectivity index (χ2v) is 8.42. The van der Waals surface area contributed by atoms with Crippen molar-refractivity contribution < 1.29 is 9.90 Å². The Bertz CT molecular complexity index is 1050. The molecule has 1 fully saturated rings. The average molecular weight is 420 g/mol. The summed E-state index contributed by atoms with van der Waals surface area (Å²) in [5.74, 6) is 1.87. The van der Waals surface area contributed by atoms with Crippen molar-refractivity contribution in [3.63, 3.8) is 0 Å². The molecule has 0 radical (unpaired) electrons. The van der Waals surface area contributed by atoms with Crippen LogP contribution in [0.5, 0.6) is 0 Å². The first kappa shape index (κ1) is 20.9. The Morgan fingerprint density at radius 3 is 2.52 bits per heavy atom. The number of amides is 1. The minimum Gasteiger partial charge on any atom is -0.465 e. The third kappa shape index (κ3) is 5.05. The highest BCUT2D eigenvalue weighted by Gasteiger charge is 2.26. The molecule has 162 valence electrons. The SMILES string of the molecule is CN(C)c1ccnc(NC2CCC(CN(C(=O)O)c3ccc4ccccc4c3)CC2)n1. The van der Waals surface area contributed by atoms with Crippen LogP contribution in [-0.4, -0.2) is 47.8 Å². The summed E-state index contributed by atoms with van der Waals surface area (Å²) in [7, 11) is 3.92. The zero-order chi connectivity index (χ0) is 21.8. The number of rotatable bonds is 6. The molecule has 7 heteroatoms. The number of hydrogen-bond donors (Lipinski definition) is 2. The number of nitrogens with zero attached hydrogens (tertiary/aromatic N) is 4. The van der Waals surface area contributed by atoms with E-state index >= 15 is 0 Å². The molecule has 1 aliphatic carbocycles. The molecule has 0 atom stereocenters. The highest BCUT2D eigenvalue weighted by atomic mass is 16.4. The van der Waals surface area contributed by atoms with Crippen molar-refractivity contribution in [2.75, 3.05) is 35.8 Å². The highest BCUT2D eigenvalue weighted by molar-refractivity contribution is 5.92. The van der Waals surface area contributed by atoms with Crippen molar-refractivity contribution >= 4 is 34.3 Å². The van der Waals surface area contributed by atoms with Crippen molar-refractivity contribution in [3.05, 3.63) is 54.7 Å². The third-order valence-corrected chi connectivity index (χ3v) is 6.00. The number of fused-ring (bicyclic) bond motifs is 1. The first-order chi connectivity index (χ1) is 15.0. The lowest BCUT2D eigenvalue weighted by Gasteiger charge is -2.32. The van der Waals surface area contributed by atoms with E-state index in [0.29, 0.717) is 24.5 Å². The molecule has 0 spiro atoms. The molecule has 7 nitrogen and oxygen atoms in total. The van der Waals surface area contributed by atoms with Crippen molar-refractivity contribution in [2.45, 2.75) is 31.7 Å². The van der Waals surface area contributed by atoms with Gasteiger partial charge in [-0.2, -0.15) is 4.98 Å². The minimum absolute atomic E-state index is 0.313. The second kappa shape index (κ2) is 9.20. The summed E-state index contributed by atoms with van der Waals surface area (Å²) in [4.78, 5) is 24.3. The first-order valence-corrected chi connectivity index (χ1v) is 10.8. The molecule has 0 aliphatic heterocycles. The Hall–Kier alpha value is -3.35. The number of nitrogens with one attached hydrogen (secondary N) is 1. The molecule has 0 saturated heterocycles. The summed E-state index contributed by atoms with van der Waals surface area (Å²) in [5.41, 5.74) is 0.736. The van der Waals surface area contributed by atoms with E-state index in [9.17, 15) is 9.90 Å². The molecule has 1 saturated carbocycles. The zero-order valence-corrected chi connectivity index (χ0v) is 18.0. The lowest BCUT2D eigenvalue weighted by atomic mass is 9.85. The van der Waals surface area contributed by atoms with Gasteiger partial charge in [-0.1, -0.05) is 30.3 Å². The Morgan fingerprint density at radius 2 is 1.81 bits per heavy atom. The van der Waals surface area contributed by atoms with Crippen molar-refractivity contribution in [3.8, 4) is 0 Å². The van der Waals surface area contributed by atoms with Crippen LogP contribution in [0.1, 0.15) is 25.7 Å². The Kier molecular flexibility index (Phi) is 6.21. The minimum atomic E-state index is -0.899. The van der Waals surface area contributed by atoms with Crippen molar-refractivity contribution in [1.29, 1.82) is 0 Å². The van der Waals surface area contributed by atoms with Crippen LogP contribution in [0, 0.1) is 5.92 Å². The largest absolute Gasteiger partial charge is 0.465 e. The number of aromatic nitrogens is 2. The molecule has 3 aromatic rings. The molecular formula is C24H29N5O2. The molecule has 1 aliphatic rings. The average Bonchev–Trinajstić information content (AvgIpc) is 2.78. The lowest BCUT2D eigenvalue weighted by molar-refractivity contribution is 0.199. The molecule has 1 amide bonds. The Balaban J connectivity index is 1.37. The molecule has 4 rings (SSSR count). The molecule has 1 heterocycles. The standard InChI is InChI=1S/C24H29N5O2/c1-28(2)22-13-14-25-23(27-22)26-20-10-7-17(8-11-20)16-29(24(30)31)21-12-9-18-5-3-4-6-19(18)15-21/h3-6,9,12-15,17,20H,7-8,10-11,16H2,1-2H3,(H,30,31)(H,25,26,27). The number of carboxylic acid groups (broad SMARTS) is 1. The Morgan fingerprint density at radius 1 is 1.06 bits per heavy atom. The zero-order valence-electron chi connectivity index (χ0n) is 18.0. The van der Waals surface area contributed by atoms with Gasteiger partial charge in [0.25, 0.3) is 0 Å². The molecule has 1 aromatic heterocycles. The fourth-order valence-corrected chi connectivity index (χ4v) is 4.24. The van der Waals surface area contributed by atoms with Gasteiger partial charge in [-0.05, 0) is 60.6 Å². The fourth-order valence-electron chi connectivity index (χ4n) is 4.24. The van der Waals surface area contributed by atoms with Gasteiger partial charge in [0.15, 0.2) is 0 Å².